The van der Waals surface area contributed by atoms with Crippen LogP contribution < -0.4 is 4.73 Å². The number of alkyl halides is 18. The number of sulfone groups is 7. The number of ether oxygens (including phenoxy) is 3. The molecule has 0 unspecified atom stereocenters. The highest BCUT2D eigenvalue weighted by Gasteiger charge is 2.55. The quantitative estimate of drug-likeness (QED) is 0.0164. The summed E-state index contributed by atoms with van der Waals surface area (Å²) in [6.45, 7) is 7.09. The van der Waals surface area contributed by atoms with Crippen molar-refractivity contribution < 1.29 is 190 Å². The van der Waals surface area contributed by atoms with Crippen molar-refractivity contribution in [3.05, 3.63) is 267 Å². The Labute approximate surface area is 840 Å². The number of carbonyl (C=O) groups excluding carboxylic acids is 4. The van der Waals surface area contributed by atoms with Crippen molar-refractivity contribution >= 4 is 138 Å². The summed E-state index contributed by atoms with van der Waals surface area (Å²) < 4.78 is 439. The Morgan fingerprint density at radius 3 is 1.23 bits per heavy atom. The molecule has 147 heavy (non-hydrogen) atoms. The van der Waals surface area contributed by atoms with Crippen molar-refractivity contribution in [3.63, 3.8) is 0 Å². The maximum Gasteiger partial charge on any atom is 0.387 e. The molecule has 0 saturated heterocycles. The van der Waals surface area contributed by atoms with Crippen LogP contribution in [0.25, 0.3) is 6.08 Å². The number of aromatic nitrogens is 10. The van der Waals surface area contributed by atoms with E-state index < -0.39 is 282 Å². The fourth-order valence-electron chi connectivity index (χ4n) is 12.4. The van der Waals surface area contributed by atoms with Crippen molar-refractivity contribution in [3.8, 4) is 0 Å². The number of esters is 3. The van der Waals surface area contributed by atoms with Crippen LogP contribution in [0.1, 0.15) is 120 Å². The first kappa shape index (κ1) is 122. The molecule has 0 amide bonds. The number of fused-ring (bicyclic) bond motifs is 6. The molecule has 10 aromatic rings. The van der Waals surface area contributed by atoms with Gasteiger partial charge in [0, 0.05) is 103 Å². The predicted molar refractivity (Wildman–Crippen MR) is 480 cm³/mol. The van der Waals surface area contributed by atoms with Gasteiger partial charge in [0.05, 0.1) is 83.7 Å². The van der Waals surface area contributed by atoms with Gasteiger partial charge in [0.2, 0.25) is 16.0 Å². The fourth-order valence-corrected chi connectivity index (χ4v) is 23.1. The smallest absolute Gasteiger partial charge is 0.387 e. The molecule has 10 aromatic heterocycles. The number of hydrogen-bond acceptors (Lipinski definition) is 32. The van der Waals surface area contributed by atoms with E-state index in [1.54, 1.807) is 12.3 Å². The Hall–Kier alpha value is -11.8. The molecule has 6 aliphatic rings. The van der Waals surface area contributed by atoms with E-state index in [0.29, 0.717) is 17.8 Å². The predicted octanol–water partition coefficient (Wildman–Crippen LogP) is 15.9. The van der Waals surface area contributed by atoms with E-state index in [-0.39, 0.29) is 66.2 Å². The Balaban J connectivity index is 0.000000222. The van der Waals surface area contributed by atoms with Gasteiger partial charge in [-0.1, -0.05) is 18.2 Å². The molecular formula is C85H75BrClF20N10O22S8+. The topological polar surface area (TPSA) is 475 Å². The van der Waals surface area contributed by atoms with Crippen LogP contribution in [0.2, 0.25) is 5.15 Å². The molecule has 798 valence electrons. The SMILES string of the molecule is C=Cc1ccc2c(n1)C(F)(F)CCS2(=O)=O.CCOC(=O)C(F)(F)c1ncccc1F.CCOC(=O)C(F)(F)c1ncccc1S(C)(=O)=O.CCOC(=O)C(F)(F)c1ncccc1SC.Fc1cccnc1Br.O=Cc1ccc2c(n1)C(F)(F)CCS2(=O)=O.O=S1(=O)C=CC(F)(F)c2ncccc21.O=S1(=O)CCC(F)(F)c2c1ccc[n+]2O.O=S1(=O)CCC(F)(F)c2nc(Cl)ccc21.O=S1(=O)CCC(F)(F)c2ncccc21. The zero-order chi connectivity index (χ0) is 111. The van der Waals surface area contributed by atoms with Gasteiger partial charge in [0.25, 0.3) is 23.7 Å². The zero-order valence-electron chi connectivity index (χ0n) is 75.4. The Bertz CT molecular complexity index is 7360. The first-order chi connectivity index (χ1) is 67.8. The van der Waals surface area contributed by atoms with Crippen LogP contribution in [-0.2, 0) is 151 Å². The second-order valence-electron chi connectivity index (χ2n) is 29.7. The molecule has 16 heterocycles. The van der Waals surface area contributed by atoms with Gasteiger partial charge in [-0.25, -0.2) is 102 Å². The molecule has 0 aromatic carbocycles. The van der Waals surface area contributed by atoms with E-state index in [2.05, 4.69) is 81.6 Å². The third-order valence-electron chi connectivity index (χ3n) is 19.4. The standard InChI is InChI=1S/C10H11F2NO4S.C10H9F2NO2S.C10H11F2NO2S.C9H8F3NO2.C9H7F2NO3S.C8H6ClF2NO2S.C8H8F2NO3S.C8H7F2NO2S.C8H5F2NO2S.C5H3BrFN/c1-3-17-9(14)10(11,12)8-7(18(2,15)16)5-4-6-13-8;1-2-7-3-4-8-9(13-7)10(11,12)5-6-16(8,14)15;1-3-15-9(14)10(11,12)8-7(16-2)5-4-6-13-8;1-2-15-8(14)9(11,12)7-6(10)4-3-5-13-7;10-9(11)3-4-16(14,15)7-2-1-6(5-13)12-8(7)9;9-6-2-1-5-7(12-6)8(10,11)3-4-15(5,13)14;9-8(10)3-5-15(13,14)6-2-1-4-11(12)7(6)8;2*9-8(10)3-5-14(12,13)6-2-1-4-11-7(6)8;6-5-4(7)2-1-3-8-5/h4-6H,3H2,1-2H3;2-4H,1,5-6H2;4-6H,3H2,1-2H3;3-5H,2H2,1H3;1-2,5H,3-4H2;1-2H,3-4H2;1-2,4,12H,3,5H2;1-2,4H,3,5H2;1-5H;1-3H/q;;;;;;+1;;;. The summed E-state index contributed by atoms with van der Waals surface area (Å²) in [4.78, 5) is 71.4. The van der Waals surface area contributed by atoms with Crippen LogP contribution in [-0.4, -0.2) is 194 Å². The Morgan fingerprint density at radius 1 is 0.463 bits per heavy atom. The van der Waals surface area contributed by atoms with Crippen LogP contribution in [0.4, 0.5) is 87.8 Å². The van der Waals surface area contributed by atoms with Crippen molar-refractivity contribution in [1.29, 1.82) is 0 Å². The van der Waals surface area contributed by atoms with Gasteiger partial charge >= 0.3 is 53.2 Å². The number of hydrogen-bond donors (Lipinski definition) is 1. The van der Waals surface area contributed by atoms with E-state index in [9.17, 15) is 171 Å². The van der Waals surface area contributed by atoms with Crippen molar-refractivity contribution in [2.24, 2.45) is 0 Å². The molecule has 0 saturated carbocycles. The zero-order valence-corrected chi connectivity index (χ0v) is 84.2. The lowest BCUT2D eigenvalue weighted by molar-refractivity contribution is -0.915. The average Bonchev–Trinajstić information content (AvgIpc) is 0.749. The van der Waals surface area contributed by atoms with Gasteiger partial charge in [0.1, 0.15) is 60.2 Å². The molecule has 0 atom stereocenters. The second kappa shape index (κ2) is 48.2. The third-order valence-corrected chi connectivity index (χ3v) is 32.3. The number of thioether (sulfide) groups is 1. The summed E-state index contributed by atoms with van der Waals surface area (Å²) in [7, 11) is -25.8. The van der Waals surface area contributed by atoms with Crippen molar-refractivity contribution in [2.75, 3.05) is 61.1 Å². The van der Waals surface area contributed by atoms with Crippen LogP contribution in [0, 0.1) is 11.6 Å². The van der Waals surface area contributed by atoms with Gasteiger partial charge < -0.3 is 14.2 Å². The fraction of sp³-hybridized carbons (Fsp3) is 0.318. The van der Waals surface area contributed by atoms with Gasteiger partial charge in [0.15, 0.2) is 82.6 Å². The lowest BCUT2D eigenvalue weighted by Gasteiger charge is -2.24. The molecule has 0 radical (unpaired) electrons. The number of allylic oxidation sites excluding steroid dienone is 1. The lowest BCUT2D eigenvalue weighted by Crippen LogP contribution is -2.45. The molecule has 0 spiro atoms. The second-order valence-corrected chi connectivity index (χ2v) is 45.9. The molecule has 0 bridgehead atoms. The van der Waals surface area contributed by atoms with Crippen LogP contribution >= 0.6 is 39.3 Å². The highest BCUT2D eigenvalue weighted by atomic mass is 79.9. The summed E-state index contributed by atoms with van der Waals surface area (Å²) in [6.07, 6.45) is 8.62. The summed E-state index contributed by atoms with van der Waals surface area (Å²) in [5.74, 6) is -40.9. The minimum atomic E-state index is -4.10. The first-order valence-corrected chi connectivity index (χ1v) is 54.9. The Morgan fingerprint density at radius 2 is 0.816 bits per heavy atom. The number of rotatable bonds is 13. The molecule has 6 aliphatic heterocycles. The molecular weight excluding hydrogens is 2260 g/mol. The van der Waals surface area contributed by atoms with E-state index in [1.807, 2.05) is 0 Å². The van der Waals surface area contributed by atoms with Gasteiger partial charge in [-0.05, 0) is 164 Å². The summed E-state index contributed by atoms with van der Waals surface area (Å²) >= 11 is 9.47. The lowest BCUT2D eigenvalue weighted by atomic mass is 10.1. The summed E-state index contributed by atoms with van der Waals surface area (Å²) in [6, 6.07) is 24.2. The highest BCUT2D eigenvalue weighted by Crippen LogP contribution is 2.47. The number of aldehydes is 1. The summed E-state index contributed by atoms with van der Waals surface area (Å²) in [5.41, 5.74) is -7.23. The van der Waals surface area contributed by atoms with Gasteiger partial charge in [-0.15, -0.1) is 11.8 Å². The van der Waals surface area contributed by atoms with Crippen LogP contribution in [0.3, 0.4) is 0 Å². The van der Waals surface area contributed by atoms with E-state index in [0.717, 1.165) is 91.3 Å². The maximum atomic E-state index is 13.7. The molecule has 0 fully saturated rings. The largest absolute Gasteiger partial charge is 0.461 e. The van der Waals surface area contributed by atoms with Crippen molar-refractivity contribution in [1.82, 2.24) is 44.9 Å². The molecule has 1 N–H and O–H groups in total. The molecule has 62 heteroatoms. The molecule has 16 rings (SSSR count). The monoisotopic (exact) mass is 2340 g/mol. The van der Waals surface area contributed by atoms with E-state index in [1.165, 1.54) is 112 Å². The van der Waals surface area contributed by atoms with Gasteiger partial charge in [-0.2, -0.15) is 79.0 Å². The number of nitrogens with zero attached hydrogens (tertiary/aromatic N) is 10. The van der Waals surface area contributed by atoms with Gasteiger partial charge in [-0.3, -0.25) is 34.9 Å². The number of halogens is 22. The minimum Gasteiger partial charge on any atom is -0.461 e. The number of carbonyl (C=O) groups is 4. The normalized spacial score (nSPS) is 17.7. The third kappa shape index (κ3) is 30.3. The Kier molecular flexibility index (Phi) is 40.1. The van der Waals surface area contributed by atoms with Crippen LogP contribution in [0.15, 0.2) is 227 Å². The van der Waals surface area contributed by atoms with Crippen molar-refractivity contribution in [2.45, 2.75) is 145 Å². The summed E-state index contributed by atoms with van der Waals surface area (Å²) in [5, 5.41) is 9.57. The van der Waals surface area contributed by atoms with Crippen LogP contribution in [0.5, 0.6) is 0 Å². The van der Waals surface area contributed by atoms with E-state index >= 15 is 0 Å². The number of pyridine rings is 10. The first-order valence-electron chi connectivity index (χ1n) is 40.8. The highest BCUT2D eigenvalue weighted by molar-refractivity contribution is 9.10. The molecule has 0 aliphatic carbocycles. The molecule has 32 nitrogen and oxygen atoms in total. The maximum absolute atomic E-state index is 13.7. The minimum absolute atomic E-state index is 0.0874. The van der Waals surface area contributed by atoms with E-state index in [4.69, 9.17) is 11.6 Å². The average molecular weight is 2340 g/mol.